The number of amides is 4. The van der Waals surface area contributed by atoms with Gasteiger partial charge in [-0.15, -0.1) is 0 Å². The highest BCUT2D eigenvalue weighted by atomic mass is 16.6. The average Bonchev–Trinajstić information content (AvgIpc) is 3.38. The molecule has 0 saturated carbocycles. The molecule has 4 amide bonds. The summed E-state index contributed by atoms with van der Waals surface area (Å²) in [5.74, 6) is -0.905. The SMILES string of the molecule is CN(C)NC(=O)C1(Cc2ccccc2)CCN(C(=O)[C@@H](Cc2c[nH]c3ccccc23)NC(=O)C(C)(C)NC(=O)OC(C)(C)N)CC1. The van der Waals surface area contributed by atoms with E-state index in [4.69, 9.17) is 10.5 Å². The molecule has 0 aliphatic carbocycles. The minimum absolute atomic E-state index is 0.0857. The van der Waals surface area contributed by atoms with Gasteiger partial charge in [0.25, 0.3) is 0 Å². The normalized spacial score (nSPS) is 15.7. The number of hydrogen-bond donors (Lipinski definition) is 5. The van der Waals surface area contributed by atoms with Crippen LogP contribution in [0.3, 0.4) is 0 Å². The fourth-order valence-corrected chi connectivity index (χ4v) is 5.80. The van der Waals surface area contributed by atoms with E-state index in [0.717, 1.165) is 22.0 Å². The molecule has 46 heavy (non-hydrogen) atoms. The van der Waals surface area contributed by atoms with Crippen LogP contribution in [0, 0.1) is 5.41 Å². The van der Waals surface area contributed by atoms with Crippen molar-refractivity contribution in [1.82, 2.24) is 31.0 Å². The number of rotatable bonds is 11. The molecule has 1 fully saturated rings. The number of alkyl carbamates (subject to hydrolysis) is 1. The van der Waals surface area contributed by atoms with Gasteiger partial charge in [-0.3, -0.25) is 25.5 Å². The zero-order valence-electron chi connectivity index (χ0n) is 27.6. The Morgan fingerprint density at radius 2 is 1.63 bits per heavy atom. The molecule has 0 bridgehead atoms. The van der Waals surface area contributed by atoms with Crippen molar-refractivity contribution in [2.24, 2.45) is 11.1 Å². The number of carbonyl (C=O) groups excluding carboxylic acids is 4. The van der Waals surface area contributed by atoms with Crippen molar-refractivity contribution in [1.29, 1.82) is 0 Å². The first kappa shape index (κ1) is 34.5. The van der Waals surface area contributed by atoms with Gasteiger partial charge >= 0.3 is 6.09 Å². The molecule has 12 nitrogen and oxygen atoms in total. The fraction of sp³-hybridized carbons (Fsp3) is 0.471. The maximum absolute atomic E-state index is 14.2. The van der Waals surface area contributed by atoms with Crippen LogP contribution < -0.4 is 21.8 Å². The molecule has 1 saturated heterocycles. The Morgan fingerprint density at radius 3 is 2.26 bits per heavy atom. The molecule has 0 radical (unpaired) electrons. The highest BCUT2D eigenvalue weighted by Gasteiger charge is 2.44. The molecule has 0 spiro atoms. The van der Waals surface area contributed by atoms with Gasteiger partial charge in [-0.1, -0.05) is 48.5 Å². The second kappa shape index (κ2) is 13.9. The van der Waals surface area contributed by atoms with Gasteiger partial charge in [-0.2, -0.15) is 0 Å². The molecule has 3 aromatic rings. The van der Waals surface area contributed by atoms with Crippen molar-refractivity contribution < 1.29 is 23.9 Å². The summed E-state index contributed by atoms with van der Waals surface area (Å²) in [6.07, 6.45) is 2.66. The summed E-state index contributed by atoms with van der Waals surface area (Å²) < 4.78 is 5.14. The lowest BCUT2D eigenvalue weighted by Gasteiger charge is -2.42. The van der Waals surface area contributed by atoms with Crippen molar-refractivity contribution >= 4 is 34.7 Å². The van der Waals surface area contributed by atoms with Crippen LogP contribution in [0.4, 0.5) is 4.79 Å². The van der Waals surface area contributed by atoms with E-state index in [9.17, 15) is 19.2 Å². The molecule has 0 unspecified atom stereocenters. The number of H-pyrrole nitrogens is 1. The molecule has 1 aromatic heterocycles. The third kappa shape index (κ3) is 8.64. The minimum atomic E-state index is -1.42. The van der Waals surface area contributed by atoms with Crippen molar-refractivity contribution in [2.75, 3.05) is 27.2 Å². The number of nitrogens with one attached hydrogen (secondary N) is 4. The van der Waals surface area contributed by atoms with Crippen LogP contribution in [-0.2, 0) is 32.0 Å². The number of hydrogen-bond acceptors (Lipinski definition) is 7. The number of nitrogens with zero attached hydrogens (tertiary/aromatic N) is 2. The summed E-state index contributed by atoms with van der Waals surface area (Å²) in [7, 11) is 3.55. The largest absolute Gasteiger partial charge is 0.429 e. The number of nitrogens with two attached hydrogens (primary N) is 1. The van der Waals surface area contributed by atoms with Crippen LogP contribution >= 0.6 is 0 Å². The van der Waals surface area contributed by atoms with E-state index in [1.165, 1.54) is 27.7 Å². The van der Waals surface area contributed by atoms with Crippen LogP contribution in [0.5, 0.6) is 0 Å². The summed E-state index contributed by atoms with van der Waals surface area (Å²) >= 11 is 0. The van der Waals surface area contributed by atoms with Gasteiger partial charge < -0.3 is 25.3 Å². The Bertz CT molecular complexity index is 1540. The predicted octanol–water partition coefficient (Wildman–Crippen LogP) is 2.84. The summed E-state index contributed by atoms with van der Waals surface area (Å²) in [6, 6.07) is 16.7. The van der Waals surface area contributed by atoms with Gasteiger partial charge in [0.15, 0.2) is 5.72 Å². The van der Waals surface area contributed by atoms with Crippen LogP contribution in [0.2, 0.25) is 0 Å². The van der Waals surface area contributed by atoms with Crippen LogP contribution in [-0.4, -0.2) is 83.2 Å². The van der Waals surface area contributed by atoms with E-state index >= 15 is 0 Å². The Balaban J connectivity index is 1.56. The second-order valence-corrected chi connectivity index (χ2v) is 13.4. The van der Waals surface area contributed by atoms with Crippen molar-refractivity contribution in [3.05, 3.63) is 71.9 Å². The van der Waals surface area contributed by atoms with E-state index in [1.54, 1.807) is 24.0 Å². The molecule has 248 valence electrons. The average molecular weight is 634 g/mol. The third-order valence-corrected chi connectivity index (χ3v) is 8.26. The van der Waals surface area contributed by atoms with Gasteiger partial charge in [0.05, 0.1) is 5.41 Å². The molecule has 2 heterocycles. The van der Waals surface area contributed by atoms with Gasteiger partial charge in [-0.05, 0) is 64.2 Å². The molecular formula is C34H47N7O5. The van der Waals surface area contributed by atoms with Crippen molar-refractivity contribution in [3.8, 4) is 0 Å². The number of aromatic nitrogens is 1. The van der Waals surface area contributed by atoms with Gasteiger partial charge in [0.1, 0.15) is 11.6 Å². The molecule has 12 heteroatoms. The maximum atomic E-state index is 14.2. The van der Waals surface area contributed by atoms with Gasteiger partial charge in [0, 0.05) is 50.7 Å². The number of aromatic amines is 1. The first-order valence-corrected chi connectivity index (χ1v) is 15.6. The third-order valence-electron chi connectivity index (χ3n) is 8.26. The van der Waals surface area contributed by atoms with Crippen molar-refractivity contribution in [2.45, 2.75) is 70.7 Å². The standard InChI is InChI=1S/C34H47N7O5/c1-32(2,38-31(45)46-33(3,4)35)29(43)37-27(20-24-22-36-26-15-11-10-14-25(24)26)28(42)41-18-16-34(17-19-41,30(44)39-40(5)6)21-23-12-8-7-9-13-23/h7-15,22,27,36H,16-21,35H2,1-6H3,(H,37,43)(H,38,45)(H,39,44)/t27-/m1/s1. The summed E-state index contributed by atoms with van der Waals surface area (Å²) in [5.41, 5.74) is 8.20. The molecule has 1 aliphatic heterocycles. The molecule has 1 aliphatic rings. The van der Waals surface area contributed by atoms with E-state index in [2.05, 4.69) is 21.0 Å². The fourth-order valence-electron chi connectivity index (χ4n) is 5.80. The molecule has 4 rings (SSSR count). The summed E-state index contributed by atoms with van der Waals surface area (Å²) in [6.45, 7) is 6.78. The maximum Gasteiger partial charge on any atom is 0.409 e. The quantitative estimate of drug-likeness (QED) is 0.160. The minimum Gasteiger partial charge on any atom is -0.429 e. The number of piperidine rings is 1. The summed E-state index contributed by atoms with van der Waals surface area (Å²) in [4.78, 5) is 58.8. The zero-order valence-corrected chi connectivity index (χ0v) is 27.6. The van der Waals surface area contributed by atoms with Crippen LogP contribution in [0.25, 0.3) is 10.9 Å². The highest BCUT2D eigenvalue weighted by Crippen LogP contribution is 2.36. The smallest absolute Gasteiger partial charge is 0.409 e. The molecular weight excluding hydrogens is 586 g/mol. The number of likely N-dealkylation sites (tertiary alicyclic amines) is 1. The lowest BCUT2D eigenvalue weighted by Crippen LogP contribution is -2.61. The monoisotopic (exact) mass is 633 g/mol. The predicted molar refractivity (Wildman–Crippen MR) is 176 cm³/mol. The second-order valence-electron chi connectivity index (χ2n) is 13.4. The Kier molecular flexibility index (Phi) is 10.4. The van der Waals surface area contributed by atoms with Crippen LogP contribution in [0.15, 0.2) is 60.8 Å². The van der Waals surface area contributed by atoms with Gasteiger partial charge in [-0.25, -0.2) is 9.80 Å². The number of ether oxygens (including phenoxy) is 1. The van der Waals surface area contributed by atoms with E-state index < -0.39 is 34.7 Å². The van der Waals surface area contributed by atoms with Crippen LogP contribution in [0.1, 0.15) is 51.7 Å². The lowest BCUT2D eigenvalue weighted by molar-refractivity contribution is -0.145. The van der Waals surface area contributed by atoms with Gasteiger partial charge in [0.2, 0.25) is 17.7 Å². The highest BCUT2D eigenvalue weighted by molar-refractivity contribution is 5.94. The summed E-state index contributed by atoms with van der Waals surface area (Å²) in [5, 5.41) is 8.04. The number of hydrazine groups is 1. The first-order valence-electron chi connectivity index (χ1n) is 15.6. The molecule has 2 aromatic carbocycles. The Morgan fingerprint density at radius 1 is 1.00 bits per heavy atom. The van der Waals surface area contributed by atoms with E-state index in [-0.39, 0.29) is 18.2 Å². The molecule has 6 N–H and O–H groups in total. The first-order chi connectivity index (χ1) is 21.6. The number of benzene rings is 2. The van der Waals surface area contributed by atoms with E-state index in [1.807, 2.05) is 60.8 Å². The Labute approximate surface area is 270 Å². The zero-order chi connectivity index (χ0) is 33.7. The number of para-hydroxylation sites is 1. The topological polar surface area (TPSA) is 162 Å². The number of fused-ring (bicyclic) bond motifs is 1. The van der Waals surface area contributed by atoms with Crippen molar-refractivity contribution in [3.63, 3.8) is 0 Å². The lowest BCUT2D eigenvalue weighted by atomic mass is 9.73. The Hall–Kier alpha value is -4.42. The van der Waals surface area contributed by atoms with E-state index in [0.29, 0.717) is 32.4 Å². The number of carbonyl (C=O) groups is 4. The molecule has 1 atom stereocenters.